The van der Waals surface area contributed by atoms with Crippen LogP contribution in [0, 0.1) is 6.92 Å². The fourth-order valence-corrected chi connectivity index (χ4v) is 4.33. The van der Waals surface area contributed by atoms with Crippen molar-refractivity contribution in [2.75, 3.05) is 31.1 Å². The Balaban J connectivity index is 1.29. The zero-order valence-corrected chi connectivity index (χ0v) is 16.9. The molecule has 7 heteroatoms. The zero-order valence-electron chi connectivity index (χ0n) is 16.9. The average Bonchev–Trinajstić information content (AvgIpc) is 3.41. The highest BCUT2D eigenvalue weighted by molar-refractivity contribution is 5.86. The molecule has 29 heavy (non-hydrogen) atoms. The molecule has 1 saturated heterocycles. The van der Waals surface area contributed by atoms with Crippen molar-refractivity contribution in [3.63, 3.8) is 0 Å². The van der Waals surface area contributed by atoms with Crippen molar-refractivity contribution < 1.29 is 9.15 Å². The molecule has 1 aromatic carbocycles. The normalized spacial score (nSPS) is 18.6. The number of aryl methyl sites for hydroxylation is 1. The largest absolute Gasteiger partial charge is 0.474 e. The summed E-state index contributed by atoms with van der Waals surface area (Å²) in [7, 11) is 0. The number of anilines is 1. The average molecular weight is 393 g/mol. The van der Waals surface area contributed by atoms with Gasteiger partial charge >= 0.3 is 0 Å². The van der Waals surface area contributed by atoms with E-state index in [1.54, 1.807) is 6.33 Å². The minimum Gasteiger partial charge on any atom is -0.474 e. The number of oxazole rings is 1. The molecule has 2 aliphatic rings. The van der Waals surface area contributed by atoms with Crippen LogP contribution in [0.2, 0.25) is 0 Å². The Morgan fingerprint density at radius 3 is 2.66 bits per heavy atom. The second kappa shape index (κ2) is 7.99. The fourth-order valence-electron chi connectivity index (χ4n) is 4.33. The summed E-state index contributed by atoms with van der Waals surface area (Å²) in [5.74, 6) is 1.64. The summed E-state index contributed by atoms with van der Waals surface area (Å²) in [6, 6.07) is 6.43. The molecule has 2 fully saturated rings. The number of fused-ring (bicyclic) bond motifs is 1. The maximum Gasteiger partial charge on any atom is 0.224 e. The van der Waals surface area contributed by atoms with Crippen LogP contribution >= 0.6 is 0 Å². The molecule has 152 valence electrons. The highest BCUT2D eigenvalue weighted by Gasteiger charge is 2.21. The van der Waals surface area contributed by atoms with Crippen LogP contribution in [-0.2, 0) is 6.54 Å². The topological polar surface area (TPSA) is 67.5 Å². The third-order valence-electron chi connectivity index (χ3n) is 6.12. The van der Waals surface area contributed by atoms with Crippen molar-refractivity contribution in [1.29, 1.82) is 0 Å². The van der Waals surface area contributed by atoms with E-state index in [1.165, 1.54) is 24.9 Å². The number of ether oxygens (including phenoxy) is 1. The van der Waals surface area contributed by atoms with E-state index in [9.17, 15) is 0 Å². The third kappa shape index (κ3) is 3.92. The van der Waals surface area contributed by atoms with Crippen LogP contribution in [0.15, 0.2) is 35.3 Å². The van der Waals surface area contributed by atoms with Gasteiger partial charge in [0.25, 0.3) is 0 Å². The number of benzene rings is 1. The molecule has 2 aromatic heterocycles. The van der Waals surface area contributed by atoms with Crippen molar-refractivity contribution >= 4 is 16.6 Å². The lowest BCUT2D eigenvalue weighted by molar-refractivity contribution is 0.204. The molecule has 1 aliphatic carbocycles. The first-order valence-corrected chi connectivity index (χ1v) is 10.5. The highest BCUT2D eigenvalue weighted by Crippen LogP contribution is 2.30. The van der Waals surface area contributed by atoms with E-state index >= 15 is 0 Å². The van der Waals surface area contributed by atoms with Gasteiger partial charge in [0.05, 0.1) is 16.6 Å². The Morgan fingerprint density at radius 2 is 1.90 bits per heavy atom. The van der Waals surface area contributed by atoms with E-state index < -0.39 is 0 Å². The maximum atomic E-state index is 6.22. The Hall–Kier alpha value is -2.67. The fraction of sp³-hybridized carbons (Fsp3) is 0.500. The molecule has 0 spiro atoms. The number of hydrogen-bond donors (Lipinski definition) is 0. The van der Waals surface area contributed by atoms with E-state index in [2.05, 4.69) is 43.0 Å². The number of rotatable bonds is 5. The van der Waals surface area contributed by atoms with Gasteiger partial charge in [0.2, 0.25) is 5.88 Å². The lowest BCUT2D eigenvalue weighted by Crippen LogP contribution is -2.46. The van der Waals surface area contributed by atoms with E-state index in [0.29, 0.717) is 6.10 Å². The molecule has 0 unspecified atom stereocenters. The summed E-state index contributed by atoms with van der Waals surface area (Å²) in [6.45, 7) is 6.79. The minimum absolute atomic E-state index is 0.292. The van der Waals surface area contributed by atoms with Gasteiger partial charge in [0.1, 0.15) is 18.2 Å². The standard InChI is InChI=1S/C22H27N5O2/c1-16-21(25-15-28-16)13-26-8-10-27(11-9-26)17-6-7-20-19(12-17)22(24-14-23-20)29-18-4-2-3-5-18/h6-7,12,14-15,18H,2-5,8-11,13H2,1H3. The molecule has 0 amide bonds. The van der Waals surface area contributed by atoms with Crippen molar-refractivity contribution in [2.24, 2.45) is 0 Å². The molecule has 0 N–H and O–H groups in total. The Bertz CT molecular complexity index is 974. The minimum atomic E-state index is 0.292. The second-order valence-electron chi connectivity index (χ2n) is 8.02. The number of hydrogen-bond acceptors (Lipinski definition) is 7. The highest BCUT2D eigenvalue weighted by atomic mass is 16.5. The van der Waals surface area contributed by atoms with Crippen LogP contribution in [0.1, 0.15) is 37.1 Å². The molecule has 3 aromatic rings. The van der Waals surface area contributed by atoms with Crippen LogP contribution in [0.5, 0.6) is 5.88 Å². The molecule has 5 rings (SSSR count). The first kappa shape index (κ1) is 18.4. The van der Waals surface area contributed by atoms with Crippen molar-refractivity contribution in [2.45, 2.75) is 45.3 Å². The lowest BCUT2D eigenvalue weighted by Gasteiger charge is -2.36. The summed E-state index contributed by atoms with van der Waals surface area (Å²) in [5, 5.41) is 1.01. The third-order valence-corrected chi connectivity index (χ3v) is 6.12. The van der Waals surface area contributed by atoms with Crippen LogP contribution in [-0.4, -0.2) is 52.1 Å². The molecule has 3 heterocycles. The van der Waals surface area contributed by atoms with Crippen molar-refractivity contribution in [1.82, 2.24) is 19.9 Å². The number of nitrogens with zero attached hydrogens (tertiary/aromatic N) is 5. The Morgan fingerprint density at radius 1 is 1.07 bits per heavy atom. The molecular formula is C22H27N5O2. The number of piperazine rings is 1. The van der Waals surface area contributed by atoms with Gasteiger partial charge in [-0.15, -0.1) is 0 Å². The van der Waals surface area contributed by atoms with E-state index in [1.807, 2.05) is 6.92 Å². The second-order valence-corrected chi connectivity index (χ2v) is 8.02. The maximum absolute atomic E-state index is 6.22. The van der Waals surface area contributed by atoms with Gasteiger partial charge in [-0.25, -0.2) is 15.0 Å². The van der Waals surface area contributed by atoms with Crippen LogP contribution in [0.3, 0.4) is 0 Å². The Kier molecular flexibility index (Phi) is 5.06. The van der Waals surface area contributed by atoms with Gasteiger partial charge in [-0.3, -0.25) is 4.90 Å². The van der Waals surface area contributed by atoms with Crippen LogP contribution in [0.4, 0.5) is 5.69 Å². The monoisotopic (exact) mass is 393 g/mol. The summed E-state index contributed by atoms with van der Waals surface area (Å²) in [6.07, 6.45) is 8.17. The molecule has 1 saturated carbocycles. The smallest absolute Gasteiger partial charge is 0.224 e. The number of aromatic nitrogens is 3. The molecule has 7 nitrogen and oxygen atoms in total. The van der Waals surface area contributed by atoms with Gasteiger partial charge in [0, 0.05) is 38.4 Å². The van der Waals surface area contributed by atoms with Crippen molar-refractivity contribution in [3.8, 4) is 5.88 Å². The first-order valence-electron chi connectivity index (χ1n) is 10.5. The van der Waals surface area contributed by atoms with Crippen LogP contribution in [0.25, 0.3) is 10.9 Å². The van der Waals surface area contributed by atoms with Gasteiger partial charge in [0.15, 0.2) is 6.39 Å². The van der Waals surface area contributed by atoms with E-state index in [-0.39, 0.29) is 0 Å². The summed E-state index contributed by atoms with van der Waals surface area (Å²) in [4.78, 5) is 18.1. The predicted octanol–water partition coefficient (Wildman–Crippen LogP) is 3.57. The van der Waals surface area contributed by atoms with Crippen LogP contribution < -0.4 is 9.64 Å². The zero-order chi connectivity index (χ0) is 19.6. The summed E-state index contributed by atoms with van der Waals surface area (Å²) < 4.78 is 11.5. The first-order chi connectivity index (χ1) is 14.3. The van der Waals surface area contributed by atoms with E-state index in [0.717, 1.165) is 73.8 Å². The van der Waals surface area contributed by atoms with Gasteiger partial charge < -0.3 is 14.1 Å². The molecule has 0 bridgehead atoms. The van der Waals surface area contributed by atoms with Gasteiger partial charge in [-0.1, -0.05) is 0 Å². The summed E-state index contributed by atoms with van der Waals surface area (Å²) in [5.41, 5.74) is 3.19. The molecule has 0 radical (unpaired) electrons. The predicted molar refractivity (Wildman–Crippen MR) is 111 cm³/mol. The van der Waals surface area contributed by atoms with Gasteiger partial charge in [-0.05, 0) is 50.8 Å². The Labute approximate surface area is 170 Å². The lowest BCUT2D eigenvalue weighted by atomic mass is 10.1. The molecule has 0 atom stereocenters. The van der Waals surface area contributed by atoms with Crippen molar-refractivity contribution in [3.05, 3.63) is 42.4 Å². The van der Waals surface area contributed by atoms with E-state index in [4.69, 9.17) is 9.15 Å². The molecule has 1 aliphatic heterocycles. The van der Waals surface area contributed by atoms with Gasteiger partial charge in [-0.2, -0.15) is 0 Å². The summed E-state index contributed by atoms with van der Waals surface area (Å²) >= 11 is 0. The molecular weight excluding hydrogens is 366 g/mol. The quantitative estimate of drug-likeness (QED) is 0.656. The SMILES string of the molecule is Cc1ocnc1CN1CCN(c2ccc3ncnc(OC4CCCC4)c3c2)CC1.